The molecule has 0 aliphatic rings. The molecule has 1 heterocycles. The van der Waals surface area contributed by atoms with Crippen LogP contribution < -0.4 is 16.0 Å². The number of rotatable bonds is 7. The normalized spacial score (nSPS) is 13.5. The molecule has 0 spiro atoms. The number of nitrogens with zero attached hydrogens (tertiary/aromatic N) is 1. The first-order chi connectivity index (χ1) is 8.90. The van der Waals surface area contributed by atoms with Gasteiger partial charge in [-0.3, -0.25) is 0 Å². The molecule has 1 rings (SSSR count). The van der Waals surface area contributed by atoms with Gasteiger partial charge in [0.05, 0.1) is 6.61 Å². The number of nitrogens with two attached hydrogens (primary N) is 1. The van der Waals surface area contributed by atoms with Crippen molar-refractivity contribution in [2.45, 2.75) is 24.8 Å². The fourth-order valence-electron chi connectivity index (χ4n) is 1.43. The highest BCUT2D eigenvalue weighted by molar-refractivity contribution is 7.89. The molecule has 0 aromatic carbocycles. The molecular weight excluding hydrogens is 268 g/mol. The molecule has 1 unspecified atom stereocenters. The average molecular weight is 288 g/mol. The molecule has 4 N–H and O–H groups in total. The zero-order valence-electron chi connectivity index (χ0n) is 11.3. The molecule has 1 aromatic heterocycles. The Balaban J connectivity index is 2.89. The van der Waals surface area contributed by atoms with Crippen molar-refractivity contribution in [1.82, 2.24) is 9.71 Å². The minimum absolute atomic E-state index is 0.0910. The second-order valence-electron chi connectivity index (χ2n) is 4.45. The third-order valence-corrected chi connectivity index (χ3v) is 4.13. The van der Waals surface area contributed by atoms with Gasteiger partial charge in [-0.1, -0.05) is 13.8 Å². The summed E-state index contributed by atoms with van der Waals surface area (Å²) in [5, 5.41) is 0. The second-order valence-corrected chi connectivity index (χ2v) is 6.16. The van der Waals surface area contributed by atoms with Crippen LogP contribution in [-0.4, -0.2) is 33.2 Å². The van der Waals surface area contributed by atoms with Crippen LogP contribution in [-0.2, 0) is 14.8 Å². The highest BCUT2D eigenvalue weighted by Crippen LogP contribution is 2.12. The van der Waals surface area contributed by atoms with Crippen molar-refractivity contribution >= 4 is 15.8 Å². The first kappa shape index (κ1) is 15.8. The minimum Gasteiger partial charge on any atom is -0.383 e. The number of aromatic nitrogens is 1. The molecule has 1 atom stereocenters. The number of hydrogen-bond acceptors (Lipinski definition) is 6. The molecule has 1 aromatic rings. The van der Waals surface area contributed by atoms with Gasteiger partial charge in [-0.15, -0.1) is 0 Å². The second kappa shape index (κ2) is 6.80. The smallest absolute Gasteiger partial charge is 0.242 e. The number of pyridine rings is 1. The van der Waals surface area contributed by atoms with Gasteiger partial charge in [-0.05, 0) is 18.1 Å². The van der Waals surface area contributed by atoms with Crippen molar-refractivity contribution in [3.63, 3.8) is 0 Å². The van der Waals surface area contributed by atoms with Crippen molar-refractivity contribution in [1.29, 1.82) is 0 Å². The number of ether oxygens (including phenoxy) is 1. The zero-order valence-corrected chi connectivity index (χ0v) is 12.1. The number of anilines is 1. The van der Waals surface area contributed by atoms with Gasteiger partial charge in [0.15, 0.2) is 0 Å². The van der Waals surface area contributed by atoms with Crippen molar-refractivity contribution in [3.8, 4) is 0 Å². The molecule has 0 bridgehead atoms. The Labute approximate surface area is 113 Å². The number of nitrogen functional groups attached to an aromatic ring is 1. The fourth-order valence-corrected chi connectivity index (χ4v) is 2.75. The lowest BCUT2D eigenvalue weighted by molar-refractivity contribution is 0.157. The van der Waals surface area contributed by atoms with E-state index in [0.717, 1.165) is 0 Å². The number of nitrogens with one attached hydrogen (secondary N) is 2. The highest BCUT2D eigenvalue weighted by Gasteiger charge is 2.22. The predicted octanol–water partition coefficient (Wildman–Crippen LogP) is 0.317. The first-order valence-corrected chi connectivity index (χ1v) is 7.33. The van der Waals surface area contributed by atoms with E-state index < -0.39 is 10.0 Å². The Bertz CT molecular complexity index is 487. The standard InChI is InChI=1S/C11H20N4O3S/c1-8(2)10(7-18-3)15-19(16,17)9-4-5-11(14-12)13-6-9/h4-6,8,10,15H,7,12H2,1-3H3,(H,13,14). The van der Waals surface area contributed by atoms with Crippen LogP contribution in [0.5, 0.6) is 0 Å². The van der Waals surface area contributed by atoms with E-state index in [1.165, 1.54) is 25.4 Å². The molecule has 108 valence electrons. The number of hydrazine groups is 1. The molecule has 0 radical (unpaired) electrons. The van der Waals surface area contributed by atoms with Crippen LogP contribution in [0.3, 0.4) is 0 Å². The lowest BCUT2D eigenvalue weighted by Gasteiger charge is -2.21. The Morgan fingerprint density at radius 1 is 1.42 bits per heavy atom. The van der Waals surface area contributed by atoms with Gasteiger partial charge in [0, 0.05) is 19.3 Å². The van der Waals surface area contributed by atoms with Crippen LogP contribution in [0.4, 0.5) is 5.82 Å². The molecule has 0 fully saturated rings. The van der Waals surface area contributed by atoms with Crippen LogP contribution in [0.15, 0.2) is 23.2 Å². The SMILES string of the molecule is COCC(NS(=O)(=O)c1ccc(NN)nc1)C(C)C. The Kier molecular flexibility index (Phi) is 5.67. The van der Waals surface area contributed by atoms with E-state index in [1.54, 1.807) is 0 Å². The Morgan fingerprint density at radius 3 is 2.53 bits per heavy atom. The van der Waals surface area contributed by atoms with Crippen molar-refractivity contribution in [3.05, 3.63) is 18.3 Å². The van der Waals surface area contributed by atoms with Crippen molar-refractivity contribution in [2.24, 2.45) is 11.8 Å². The van der Waals surface area contributed by atoms with E-state index in [2.05, 4.69) is 15.1 Å². The van der Waals surface area contributed by atoms with E-state index in [4.69, 9.17) is 10.6 Å². The lowest BCUT2D eigenvalue weighted by atomic mass is 10.1. The zero-order chi connectivity index (χ0) is 14.5. The van der Waals surface area contributed by atoms with Crippen LogP contribution in [0, 0.1) is 5.92 Å². The third kappa shape index (κ3) is 4.43. The Morgan fingerprint density at radius 2 is 2.11 bits per heavy atom. The fraction of sp³-hybridized carbons (Fsp3) is 0.545. The topological polar surface area (TPSA) is 106 Å². The maximum Gasteiger partial charge on any atom is 0.242 e. The van der Waals surface area contributed by atoms with E-state index >= 15 is 0 Å². The van der Waals surface area contributed by atoms with E-state index in [-0.39, 0.29) is 16.9 Å². The Hall–Kier alpha value is -1.22. The third-order valence-electron chi connectivity index (χ3n) is 2.65. The molecule has 7 nitrogen and oxygen atoms in total. The first-order valence-electron chi connectivity index (χ1n) is 5.84. The van der Waals surface area contributed by atoms with Crippen LogP contribution in [0.25, 0.3) is 0 Å². The quantitative estimate of drug-likeness (QED) is 0.493. The molecule has 0 amide bonds. The van der Waals surface area contributed by atoms with Crippen molar-refractivity contribution < 1.29 is 13.2 Å². The molecule has 0 aliphatic carbocycles. The van der Waals surface area contributed by atoms with E-state index in [1.807, 2.05) is 13.8 Å². The largest absolute Gasteiger partial charge is 0.383 e. The summed E-state index contributed by atoms with van der Waals surface area (Å²) >= 11 is 0. The van der Waals surface area contributed by atoms with Gasteiger partial charge in [-0.2, -0.15) is 0 Å². The van der Waals surface area contributed by atoms with E-state index in [9.17, 15) is 8.42 Å². The van der Waals surface area contributed by atoms with Gasteiger partial charge < -0.3 is 10.2 Å². The summed E-state index contributed by atoms with van der Waals surface area (Å²) in [4.78, 5) is 3.97. The van der Waals surface area contributed by atoms with Crippen LogP contribution >= 0.6 is 0 Å². The summed E-state index contributed by atoms with van der Waals surface area (Å²) in [6.45, 7) is 4.16. The lowest BCUT2D eigenvalue weighted by Crippen LogP contribution is -2.41. The van der Waals surface area contributed by atoms with Gasteiger partial charge in [0.25, 0.3) is 0 Å². The number of hydrogen-bond donors (Lipinski definition) is 3. The molecule has 0 aliphatic heterocycles. The predicted molar refractivity (Wildman–Crippen MR) is 72.9 cm³/mol. The summed E-state index contributed by atoms with van der Waals surface area (Å²) in [5.41, 5.74) is 2.34. The minimum atomic E-state index is -3.61. The summed E-state index contributed by atoms with van der Waals surface area (Å²) in [6.07, 6.45) is 1.25. The highest BCUT2D eigenvalue weighted by atomic mass is 32.2. The summed E-state index contributed by atoms with van der Waals surface area (Å²) in [5.74, 6) is 5.69. The number of sulfonamides is 1. The molecule has 8 heteroatoms. The van der Waals surface area contributed by atoms with Gasteiger partial charge in [0.2, 0.25) is 10.0 Å². The van der Waals surface area contributed by atoms with Gasteiger partial charge in [-0.25, -0.2) is 24.0 Å². The monoisotopic (exact) mass is 288 g/mol. The average Bonchev–Trinajstić information content (AvgIpc) is 2.38. The summed E-state index contributed by atoms with van der Waals surface area (Å²) in [7, 11) is -2.08. The molecular formula is C11H20N4O3S. The van der Waals surface area contributed by atoms with Crippen LogP contribution in [0.1, 0.15) is 13.8 Å². The summed E-state index contributed by atoms with van der Waals surface area (Å²) < 4.78 is 31.9. The molecule has 19 heavy (non-hydrogen) atoms. The maximum absolute atomic E-state index is 12.2. The van der Waals surface area contributed by atoms with Crippen LogP contribution in [0.2, 0.25) is 0 Å². The summed E-state index contributed by atoms with van der Waals surface area (Å²) in [6, 6.07) is 2.64. The van der Waals surface area contributed by atoms with Crippen molar-refractivity contribution in [2.75, 3.05) is 19.1 Å². The van der Waals surface area contributed by atoms with Gasteiger partial charge >= 0.3 is 0 Å². The van der Waals surface area contributed by atoms with E-state index in [0.29, 0.717) is 12.4 Å². The number of methoxy groups -OCH3 is 1. The molecule has 0 saturated carbocycles. The molecule has 0 saturated heterocycles. The van der Waals surface area contributed by atoms with Gasteiger partial charge in [0.1, 0.15) is 10.7 Å². The maximum atomic E-state index is 12.2.